The first-order chi connectivity index (χ1) is 13.3. The van der Waals surface area contributed by atoms with Crippen LogP contribution in [0.1, 0.15) is 23.7 Å². The van der Waals surface area contributed by atoms with Crippen molar-refractivity contribution < 1.29 is 36.3 Å². The number of rotatable bonds is 6. The molecule has 4 nitrogen and oxygen atoms in total. The van der Waals surface area contributed by atoms with Crippen LogP contribution >= 0.6 is 0 Å². The van der Waals surface area contributed by atoms with Gasteiger partial charge in [-0.1, -0.05) is 24.3 Å². The Labute approximate surface area is 156 Å². The van der Waals surface area contributed by atoms with E-state index in [1.54, 1.807) is 0 Å². The van der Waals surface area contributed by atoms with E-state index < -0.39 is 30.1 Å². The molecule has 9 heteroatoms. The van der Waals surface area contributed by atoms with Gasteiger partial charge >= 0.3 is 18.4 Å². The first-order valence-corrected chi connectivity index (χ1v) is 8.08. The van der Waals surface area contributed by atoms with E-state index in [4.69, 9.17) is 4.74 Å². The Hall–Kier alpha value is -3.10. The molecule has 0 spiro atoms. The zero-order valence-corrected chi connectivity index (χ0v) is 14.2. The van der Waals surface area contributed by atoms with Gasteiger partial charge < -0.3 is 9.47 Å². The van der Waals surface area contributed by atoms with E-state index in [2.05, 4.69) is 11.3 Å². The average molecular weight is 399 g/mol. The summed E-state index contributed by atoms with van der Waals surface area (Å²) in [6.45, 7) is 0.488. The summed E-state index contributed by atoms with van der Waals surface area (Å²) in [6, 6.07) is 7.44. The molecule has 2 aromatic carbocycles. The van der Waals surface area contributed by atoms with Gasteiger partial charge in [-0.3, -0.25) is 4.79 Å². The molecule has 0 bridgehead atoms. The van der Waals surface area contributed by atoms with E-state index in [9.17, 15) is 26.8 Å². The molecule has 1 N–H and O–H groups in total. The highest BCUT2D eigenvalue weighted by atomic mass is 19.3. The van der Waals surface area contributed by atoms with Gasteiger partial charge in [-0.25, -0.2) is 0 Å². The molecule has 0 saturated carbocycles. The highest BCUT2D eigenvalue weighted by molar-refractivity contribution is 5.85. The van der Waals surface area contributed by atoms with Crippen LogP contribution in [0.25, 0.3) is 11.1 Å². The van der Waals surface area contributed by atoms with Crippen molar-refractivity contribution in [3.8, 4) is 22.6 Å². The largest absolute Gasteiger partial charge is 0.485 e. The van der Waals surface area contributed by atoms with Gasteiger partial charge in [0, 0.05) is 17.5 Å². The second-order valence-electron chi connectivity index (χ2n) is 5.94. The first-order valence-electron chi connectivity index (χ1n) is 8.08. The normalized spacial score (nSPS) is 15.3. The van der Waals surface area contributed by atoms with E-state index in [0.717, 1.165) is 12.1 Å². The van der Waals surface area contributed by atoms with E-state index in [1.165, 1.54) is 30.3 Å². The fourth-order valence-electron chi connectivity index (χ4n) is 3.05. The number of fused-ring (bicyclic) bond motifs is 3. The third-order valence-electron chi connectivity index (χ3n) is 4.26. The quantitative estimate of drug-likeness (QED) is 0.420. The van der Waals surface area contributed by atoms with Crippen LogP contribution in [0.3, 0.4) is 0 Å². The van der Waals surface area contributed by atoms with Gasteiger partial charge in [-0.05, 0) is 23.8 Å². The van der Waals surface area contributed by atoms with Gasteiger partial charge in [-0.15, -0.1) is 11.1 Å². The number of hydrogen-bond donors (Lipinski definition) is 1. The number of hydrogen-bond acceptors (Lipinski definition) is 3. The number of carbonyl (C=O) groups excluding carboxylic acids is 1. The van der Waals surface area contributed by atoms with Gasteiger partial charge in [-0.2, -0.15) is 23.1 Å². The average Bonchev–Trinajstić information content (AvgIpc) is 2.66. The Morgan fingerprint density at radius 2 is 2.07 bits per heavy atom. The van der Waals surface area contributed by atoms with Crippen LogP contribution in [0.15, 0.2) is 49.1 Å². The molecular weight excluding hydrogens is 385 g/mol. The lowest BCUT2D eigenvalue weighted by Gasteiger charge is -2.30. The van der Waals surface area contributed by atoms with Crippen LogP contribution in [0.5, 0.6) is 11.5 Å². The molecule has 0 radical (unpaired) electrons. The van der Waals surface area contributed by atoms with Crippen molar-refractivity contribution in [2.24, 2.45) is 0 Å². The van der Waals surface area contributed by atoms with E-state index in [1.807, 2.05) is 0 Å². The van der Waals surface area contributed by atoms with Crippen LogP contribution in [0.2, 0.25) is 0 Å². The highest BCUT2D eigenvalue weighted by Crippen LogP contribution is 2.49. The van der Waals surface area contributed by atoms with Gasteiger partial charge in [0.2, 0.25) is 0 Å². The number of benzene rings is 2. The van der Waals surface area contributed by atoms with Crippen molar-refractivity contribution >= 4 is 5.91 Å². The van der Waals surface area contributed by atoms with Gasteiger partial charge in [0.05, 0.1) is 5.56 Å². The maximum absolute atomic E-state index is 14.1. The maximum atomic E-state index is 14.1. The maximum Gasteiger partial charge on any atom is 0.387 e. The number of alkyl halides is 4. The van der Waals surface area contributed by atoms with Crippen molar-refractivity contribution in [2.45, 2.75) is 25.1 Å². The molecule has 1 amide bonds. The smallest absolute Gasteiger partial charge is 0.387 e. The molecule has 0 aliphatic carbocycles. The van der Waals surface area contributed by atoms with Gasteiger partial charge in [0.25, 0.3) is 0 Å². The van der Waals surface area contributed by atoms with Crippen LogP contribution in [0, 0.1) is 0 Å². The van der Waals surface area contributed by atoms with E-state index >= 15 is 0 Å². The predicted molar refractivity (Wildman–Crippen MR) is 89.8 cm³/mol. The van der Waals surface area contributed by atoms with Crippen LogP contribution < -0.4 is 15.0 Å². The summed E-state index contributed by atoms with van der Waals surface area (Å²) in [7, 11) is 0. The molecule has 148 valence electrons. The molecule has 1 unspecified atom stereocenters. The minimum Gasteiger partial charge on any atom is -0.485 e. The van der Waals surface area contributed by atoms with Crippen molar-refractivity contribution in [1.29, 1.82) is 0 Å². The second kappa shape index (κ2) is 7.49. The zero-order valence-electron chi connectivity index (χ0n) is 14.2. The van der Waals surface area contributed by atoms with Crippen molar-refractivity contribution in [2.75, 3.05) is 0 Å². The Kier molecular flexibility index (Phi) is 5.26. The standard InChI is InChI=1S/C19H14F5NO3/c1-2-4-13-12-9-10(19(22,23)17(26)25-24)7-8-11(12)16-14(27-13)5-3-6-15(16)28-18(20)21/h2-3,5-9,13,18H,1,4H2,(H,25,26). The number of nitrogens with one attached hydrogen (secondary N) is 1. The minimum atomic E-state index is -4.14. The fraction of sp³-hybridized carbons (Fsp3) is 0.211. The monoisotopic (exact) mass is 399 g/mol. The Morgan fingerprint density at radius 3 is 2.71 bits per heavy atom. The molecule has 1 aliphatic rings. The fourth-order valence-corrected chi connectivity index (χ4v) is 3.05. The summed E-state index contributed by atoms with van der Waals surface area (Å²) in [6.07, 6.45) is 0.959. The lowest BCUT2D eigenvalue weighted by Crippen LogP contribution is -2.34. The predicted octanol–water partition coefficient (Wildman–Crippen LogP) is 5.06. The molecule has 0 saturated heterocycles. The molecule has 0 aromatic heterocycles. The summed E-state index contributed by atoms with van der Waals surface area (Å²) in [5, 5.41) is 0. The molecule has 1 atom stereocenters. The van der Waals surface area contributed by atoms with E-state index in [0.29, 0.717) is 11.1 Å². The summed E-state index contributed by atoms with van der Waals surface area (Å²) >= 11 is 0. The highest BCUT2D eigenvalue weighted by Gasteiger charge is 2.42. The topological polar surface area (TPSA) is 47.6 Å². The van der Waals surface area contributed by atoms with Crippen LogP contribution in [-0.4, -0.2) is 12.5 Å². The number of carbonyl (C=O) groups is 1. The van der Waals surface area contributed by atoms with Gasteiger partial charge in [0.1, 0.15) is 17.6 Å². The SMILES string of the molecule is C=CCC1Oc2cccc(OC(F)F)c2-c2ccc(C(F)(F)C(=O)NF)cc21. The van der Waals surface area contributed by atoms with Crippen molar-refractivity contribution in [3.05, 3.63) is 60.2 Å². The Morgan fingerprint density at radius 1 is 1.32 bits per heavy atom. The lowest BCUT2D eigenvalue weighted by atomic mass is 9.88. The first kappa shape index (κ1) is 19.7. The molecule has 28 heavy (non-hydrogen) atoms. The molecule has 1 heterocycles. The Bertz CT molecular complexity index is 916. The lowest BCUT2D eigenvalue weighted by molar-refractivity contribution is -0.151. The van der Waals surface area contributed by atoms with Crippen LogP contribution in [0.4, 0.5) is 22.0 Å². The van der Waals surface area contributed by atoms with Crippen LogP contribution in [-0.2, 0) is 10.7 Å². The molecule has 1 aliphatic heterocycles. The molecule has 0 fully saturated rings. The number of ether oxygens (including phenoxy) is 2. The van der Waals surface area contributed by atoms with Crippen molar-refractivity contribution in [3.63, 3.8) is 0 Å². The van der Waals surface area contributed by atoms with Gasteiger partial charge in [0.15, 0.2) is 0 Å². The second-order valence-corrected chi connectivity index (χ2v) is 5.94. The third kappa shape index (κ3) is 3.39. The van der Waals surface area contributed by atoms with E-state index in [-0.39, 0.29) is 29.0 Å². The summed E-state index contributed by atoms with van der Waals surface area (Å²) in [5.74, 6) is -6.21. The van der Waals surface area contributed by atoms with Crippen molar-refractivity contribution in [1.82, 2.24) is 5.54 Å². The molecule has 2 aromatic rings. The zero-order chi connectivity index (χ0) is 20.5. The summed E-state index contributed by atoms with van der Waals surface area (Å²) < 4.78 is 76.4. The minimum absolute atomic E-state index is 0.169. The summed E-state index contributed by atoms with van der Waals surface area (Å²) in [5.41, 5.74) is 0.361. The third-order valence-corrected chi connectivity index (χ3v) is 4.26. The Balaban J connectivity index is 2.18. The number of halogens is 5. The number of amides is 1. The summed E-state index contributed by atoms with van der Waals surface area (Å²) in [4.78, 5) is 11.2. The molecular formula is C19H14F5NO3. The molecule has 3 rings (SSSR count).